The molecule has 0 rings (SSSR count). The number of hydrogen-bond donors (Lipinski definition) is 1. The molecule has 0 aromatic rings. The summed E-state index contributed by atoms with van der Waals surface area (Å²) in [5.74, 6) is 0. The van der Waals surface area contributed by atoms with Gasteiger partial charge >= 0.3 is 6.18 Å². The van der Waals surface area contributed by atoms with Crippen LogP contribution in [0.4, 0.5) is 13.2 Å². The summed E-state index contributed by atoms with van der Waals surface area (Å²) < 4.78 is 37.4. The average Bonchev–Trinajstić information content (AvgIpc) is 1.64. The second kappa shape index (κ2) is 2.61. The second-order valence-electron chi connectivity index (χ2n) is 2.22. The van der Waals surface area contributed by atoms with Crippen LogP contribution in [0.3, 0.4) is 0 Å². The van der Waals surface area contributed by atoms with Crippen molar-refractivity contribution in [2.75, 3.05) is 0 Å². The van der Waals surface area contributed by atoms with Crippen LogP contribution in [0, 0.1) is 0 Å². The van der Waals surface area contributed by atoms with E-state index in [0.29, 0.717) is 0 Å². The Labute approximate surface area is 65.5 Å². The van der Waals surface area contributed by atoms with Gasteiger partial charge in [0, 0.05) is 22.9 Å². The SMILES string of the molecule is CC(C)(NI)C(F)(F)F. The molecule has 1 N–H and O–H groups in total. The van der Waals surface area contributed by atoms with Gasteiger partial charge in [0.25, 0.3) is 0 Å². The van der Waals surface area contributed by atoms with Crippen molar-refractivity contribution in [2.45, 2.75) is 25.6 Å². The third kappa shape index (κ3) is 2.29. The van der Waals surface area contributed by atoms with Crippen molar-refractivity contribution in [2.24, 2.45) is 0 Å². The smallest absolute Gasteiger partial charge is 0.247 e. The van der Waals surface area contributed by atoms with Gasteiger partial charge in [0.2, 0.25) is 0 Å². The van der Waals surface area contributed by atoms with Crippen LogP contribution in [-0.2, 0) is 0 Å². The topological polar surface area (TPSA) is 12.0 Å². The predicted octanol–water partition coefficient (Wildman–Crippen LogP) is 2.27. The van der Waals surface area contributed by atoms with Crippen LogP contribution < -0.4 is 3.53 Å². The molecule has 56 valence electrons. The summed E-state index contributed by atoms with van der Waals surface area (Å²) >= 11 is 1.49. The lowest BCUT2D eigenvalue weighted by Gasteiger charge is -2.25. The molecule has 0 heterocycles. The molecule has 0 fully saturated rings. The zero-order valence-corrected chi connectivity index (χ0v) is 7.17. The standard InChI is InChI=1S/C4H7F3IN/c1-3(2,9-8)4(5,6)7/h9H,1-2H3. The van der Waals surface area contributed by atoms with E-state index in [1.54, 1.807) is 0 Å². The van der Waals surface area contributed by atoms with Gasteiger partial charge in [-0.15, -0.1) is 0 Å². The predicted molar refractivity (Wildman–Crippen MR) is 37.3 cm³/mol. The minimum atomic E-state index is -4.17. The van der Waals surface area contributed by atoms with E-state index >= 15 is 0 Å². The summed E-state index contributed by atoms with van der Waals surface area (Å²) in [5.41, 5.74) is -1.78. The van der Waals surface area contributed by atoms with Crippen molar-refractivity contribution in [1.29, 1.82) is 0 Å². The Bertz CT molecular complexity index is 98.5. The van der Waals surface area contributed by atoms with Crippen LogP contribution >= 0.6 is 22.9 Å². The molecule has 0 atom stereocenters. The molecule has 0 aromatic heterocycles. The molecule has 0 bridgehead atoms. The van der Waals surface area contributed by atoms with E-state index in [4.69, 9.17) is 0 Å². The minimum absolute atomic E-state index is 1.08. The highest BCUT2D eigenvalue weighted by molar-refractivity contribution is 14.1. The van der Waals surface area contributed by atoms with Crippen LogP contribution in [-0.4, -0.2) is 11.7 Å². The number of rotatable bonds is 1. The summed E-state index contributed by atoms with van der Waals surface area (Å²) in [7, 11) is 0. The fraction of sp³-hybridized carbons (Fsp3) is 1.00. The molecular weight excluding hydrogens is 246 g/mol. The third-order valence-corrected chi connectivity index (χ3v) is 2.29. The Morgan fingerprint density at radius 1 is 1.22 bits per heavy atom. The zero-order valence-electron chi connectivity index (χ0n) is 5.01. The highest BCUT2D eigenvalue weighted by Crippen LogP contribution is 2.29. The third-order valence-electron chi connectivity index (χ3n) is 0.945. The molecule has 0 saturated heterocycles. The van der Waals surface area contributed by atoms with Gasteiger partial charge in [-0.1, -0.05) is 0 Å². The zero-order chi connectivity index (χ0) is 7.71. The first-order chi connectivity index (χ1) is 3.81. The van der Waals surface area contributed by atoms with Crippen LogP contribution in [0.25, 0.3) is 0 Å². The average molecular weight is 253 g/mol. The number of nitrogens with one attached hydrogen (secondary N) is 1. The lowest BCUT2D eigenvalue weighted by molar-refractivity contribution is -0.178. The van der Waals surface area contributed by atoms with Gasteiger partial charge in [0.15, 0.2) is 0 Å². The molecule has 5 heteroatoms. The van der Waals surface area contributed by atoms with E-state index in [1.807, 2.05) is 0 Å². The number of alkyl halides is 3. The number of hydrogen-bond acceptors (Lipinski definition) is 1. The van der Waals surface area contributed by atoms with Crippen molar-refractivity contribution in [3.05, 3.63) is 0 Å². The van der Waals surface area contributed by atoms with Crippen LogP contribution in [0.5, 0.6) is 0 Å². The Morgan fingerprint density at radius 3 is 1.56 bits per heavy atom. The van der Waals surface area contributed by atoms with E-state index in [-0.39, 0.29) is 0 Å². The molecule has 0 aliphatic carbocycles. The van der Waals surface area contributed by atoms with Gasteiger partial charge in [0.1, 0.15) is 5.54 Å². The van der Waals surface area contributed by atoms with E-state index in [2.05, 4.69) is 3.53 Å². The van der Waals surface area contributed by atoms with E-state index in [1.165, 1.54) is 22.9 Å². The van der Waals surface area contributed by atoms with Crippen molar-refractivity contribution in [3.63, 3.8) is 0 Å². The van der Waals surface area contributed by atoms with Crippen molar-refractivity contribution < 1.29 is 13.2 Å². The summed E-state index contributed by atoms with van der Waals surface area (Å²) in [4.78, 5) is 0. The summed E-state index contributed by atoms with van der Waals surface area (Å²) in [6, 6.07) is 0. The van der Waals surface area contributed by atoms with Crippen LogP contribution in [0.15, 0.2) is 0 Å². The van der Waals surface area contributed by atoms with Gasteiger partial charge < -0.3 is 0 Å². The maximum absolute atomic E-state index is 11.8. The molecule has 0 aromatic carbocycles. The maximum atomic E-state index is 11.8. The second-order valence-corrected chi connectivity index (χ2v) is 2.76. The van der Waals surface area contributed by atoms with E-state index in [9.17, 15) is 13.2 Å². The quantitative estimate of drug-likeness (QED) is 0.558. The first-order valence-electron chi connectivity index (χ1n) is 2.26. The van der Waals surface area contributed by atoms with E-state index in [0.717, 1.165) is 13.8 Å². The maximum Gasteiger partial charge on any atom is 0.406 e. The van der Waals surface area contributed by atoms with Crippen LogP contribution in [0.2, 0.25) is 0 Å². The molecule has 0 aliphatic rings. The Morgan fingerprint density at radius 2 is 1.56 bits per heavy atom. The molecule has 0 radical (unpaired) electrons. The van der Waals surface area contributed by atoms with Crippen LogP contribution in [0.1, 0.15) is 13.8 Å². The molecule has 0 amide bonds. The van der Waals surface area contributed by atoms with Gasteiger partial charge in [-0.25, -0.2) is 3.53 Å². The lowest BCUT2D eigenvalue weighted by atomic mass is 10.1. The highest BCUT2D eigenvalue weighted by atomic mass is 127. The molecule has 9 heavy (non-hydrogen) atoms. The van der Waals surface area contributed by atoms with Gasteiger partial charge in [-0.3, -0.25) is 0 Å². The summed E-state index contributed by atoms with van der Waals surface area (Å²) in [6.07, 6.45) is -4.17. The van der Waals surface area contributed by atoms with Crippen molar-refractivity contribution >= 4 is 22.9 Å². The van der Waals surface area contributed by atoms with Gasteiger partial charge in [0.05, 0.1) is 0 Å². The largest absolute Gasteiger partial charge is 0.406 e. The minimum Gasteiger partial charge on any atom is -0.247 e. The fourth-order valence-electron chi connectivity index (χ4n) is 0.0536. The highest BCUT2D eigenvalue weighted by Gasteiger charge is 2.46. The molecule has 0 spiro atoms. The van der Waals surface area contributed by atoms with Crippen molar-refractivity contribution in [3.8, 4) is 0 Å². The summed E-state index contributed by atoms with van der Waals surface area (Å²) in [5, 5.41) is 0. The molecule has 1 nitrogen and oxygen atoms in total. The Hall–Kier alpha value is 0.480. The molecular formula is C4H7F3IN. The lowest BCUT2D eigenvalue weighted by Crippen LogP contribution is -2.47. The monoisotopic (exact) mass is 253 g/mol. The molecule has 0 aliphatic heterocycles. The Kier molecular flexibility index (Phi) is 2.75. The fourth-order valence-corrected chi connectivity index (χ4v) is 0.359. The van der Waals surface area contributed by atoms with E-state index < -0.39 is 11.7 Å². The normalized spacial score (nSPS) is 14.0. The molecule has 0 saturated carbocycles. The van der Waals surface area contributed by atoms with Gasteiger partial charge in [-0.2, -0.15) is 13.2 Å². The van der Waals surface area contributed by atoms with Gasteiger partial charge in [-0.05, 0) is 13.8 Å². The first kappa shape index (κ1) is 9.48. The first-order valence-corrected chi connectivity index (χ1v) is 3.33. The van der Waals surface area contributed by atoms with Crippen molar-refractivity contribution in [1.82, 2.24) is 3.53 Å². The molecule has 0 unspecified atom stereocenters. The number of halogens is 4. The Balaban J connectivity index is 4.14. The summed E-state index contributed by atoms with van der Waals surface area (Å²) in [6.45, 7) is 2.17.